The number of benzene rings is 2. The largest absolute Gasteiger partial charge is 0.493 e. The second kappa shape index (κ2) is 10.8. The van der Waals surface area contributed by atoms with Crippen LogP contribution in [0.3, 0.4) is 0 Å². The SMILES string of the molecule is COc1ccc(CCNC(=O)C(=O)N/N=C/c2ccc(C(C)C)cc2)cc1OC. The summed E-state index contributed by atoms with van der Waals surface area (Å²) in [6.45, 7) is 4.54. The van der Waals surface area contributed by atoms with Crippen molar-refractivity contribution in [2.24, 2.45) is 5.10 Å². The predicted octanol–water partition coefficient (Wildman–Crippen LogP) is 2.64. The van der Waals surface area contributed by atoms with Gasteiger partial charge in [0.25, 0.3) is 0 Å². The molecule has 0 atom stereocenters. The van der Waals surface area contributed by atoms with E-state index in [2.05, 4.69) is 29.7 Å². The molecule has 0 aliphatic carbocycles. The van der Waals surface area contributed by atoms with Crippen molar-refractivity contribution in [2.75, 3.05) is 20.8 Å². The molecule has 2 N–H and O–H groups in total. The van der Waals surface area contributed by atoms with Crippen LogP contribution in [0.2, 0.25) is 0 Å². The Hall–Kier alpha value is -3.35. The number of methoxy groups -OCH3 is 2. The van der Waals surface area contributed by atoms with Gasteiger partial charge < -0.3 is 14.8 Å². The first-order valence-electron chi connectivity index (χ1n) is 9.36. The van der Waals surface area contributed by atoms with Gasteiger partial charge in [0.15, 0.2) is 11.5 Å². The van der Waals surface area contributed by atoms with Crippen molar-refractivity contribution >= 4 is 18.0 Å². The molecule has 2 aromatic carbocycles. The zero-order valence-electron chi connectivity index (χ0n) is 17.2. The lowest BCUT2D eigenvalue weighted by Crippen LogP contribution is -2.38. The number of hydrogen-bond acceptors (Lipinski definition) is 5. The van der Waals surface area contributed by atoms with Gasteiger partial charge >= 0.3 is 11.8 Å². The van der Waals surface area contributed by atoms with E-state index in [1.54, 1.807) is 20.3 Å². The van der Waals surface area contributed by atoms with Crippen molar-refractivity contribution in [3.05, 3.63) is 59.2 Å². The highest BCUT2D eigenvalue weighted by Crippen LogP contribution is 2.27. The molecular weight excluding hydrogens is 370 g/mol. The van der Waals surface area contributed by atoms with Crippen LogP contribution in [0.15, 0.2) is 47.6 Å². The van der Waals surface area contributed by atoms with Crippen LogP contribution in [-0.4, -0.2) is 38.8 Å². The van der Waals surface area contributed by atoms with Gasteiger partial charge in [-0.05, 0) is 41.2 Å². The van der Waals surface area contributed by atoms with Crippen molar-refractivity contribution in [3.8, 4) is 11.5 Å². The fourth-order valence-electron chi connectivity index (χ4n) is 2.62. The van der Waals surface area contributed by atoms with Gasteiger partial charge in [-0.1, -0.05) is 44.2 Å². The van der Waals surface area contributed by atoms with Gasteiger partial charge in [0.05, 0.1) is 20.4 Å². The van der Waals surface area contributed by atoms with Gasteiger partial charge in [-0.3, -0.25) is 9.59 Å². The molecule has 0 bridgehead atoms. The number of carbonyl (C=O) groups is 2. The number of ether oxygens (including phenoxy) is 2. The van der Waals surface area contributed by atoms with Crippen LogP contribution in [0, 0.1) is 0 Å². The highest BCUT2D eigenvalue weighted by atomic mass is 16.5. The predicted molar refractivity (Wildman–Crippen MR) is 113 cm³/mol. The third kappa shape index (κ3) is 6.64. The lowest BCUT2D eigenvalue weighted by molar-refractivity contribution is -0.139. The molecule has 7 nitrogen and oxygen atoms in total. The first-order chi connectivity index (χ1) is 13.9. The van der Waals surface area contributed by atoms with Crippen LogP contribution in [-0.2, 0) is 16.0 Å². The minimum atomic E-state index is -0.813. The number of amides is 2. The van der Waals surface area contributed by atoms with Crippen molar-refractivity contribution in [1.82, 2.24) is 10.7 Å². The normalized spacial score (nSPS) is 10.8. The summed E-state index contributed by atoms with van der Waals surface area (Å²) in [5, 5.41) is 6.40. The number of nitrogens with one attached hydrogen (secondary N) is 2. The van der Waals surface area contributed by atoms with Crippen molar-refractivity contribution < 1.29 is 19.1 Å². The monoisotopic (exact) mass is 397 g/mol. The molecule has 0 saturated heterocycles. The standard InChI is InChI=1S/C22H27N3O4/c1-15(2)18-8-5-17(6-9-18)14-24-25-22(27)21(26)23-12-11-16-7-10-19(28-3)20(13-16)29-4/h5-10,13-15H,11-12H2,1-4H3,(H,23,26)(H,25,27)/b24-14+. The number of carbonyl (C=O) groups excluding carboxylic acids is 2. The Morgan fingerprint density at radius 2 is 1.69 bits per heavy atom. The van der Waals surface area contributed by atoms with Crippen LogP contribution >= 0.6 is 0 Å². The van der Waals surface area contributed by atoms with Crippen LogP contribution in [0.1, 0.15) is 36.5 Å². The average Bonchev–Trinajstić information content (AvgIpc) is 2.73. The summed E-state index contributed by atoms with van der Waals surface area (Å²) in [5.41, 5.74) is 5.24. The van der Waals surface area contributed by atoms with Gasteiger partial charge in [-0.25, -0.2) is 5.43 Å². The Morgan fingerprint density at radius 1 is 1.00 bits per heavy atom. The smallest absolute Gasteiger partial charge is 0.329 e. The van der Waals surface area contributed by atoms with Crippen molar-refractivity contribution in [3.63, 3.8) is 0 Å². The summed E-state index contributed by atoms with van der Waals surface area (Å²) in [4.78, 5) is 23.7. The Morgan fingerprint density at radius 3 is 2.31 bits per heavy atom. The first-order valence-corrected chi connectivity index (χ1v) is 9.36. The van der Waals surface area contributed by atoms with Gasteiger partial charge in [-0.15, -0.1) is 0 Å². The van der Waals surface area contributed by atoms with E-state index < -0.39 is 11.8 Å². The minimum absolute atomic E-state index is 0.308. The fourth-order valence-corrected chi connectivity index (χ4v) is 2.62. The highest BCUT2D eigenvalue weighted by molar-refractivity contribution is 6.35. The van der Waals surface area contributed by atoms with E-state index in [-0.39, 0.29) is 0 Å². The molecule has 2 amide bonds. The summed E-state index contributed by atoms with van der Waals surface area (Å²) < 4.78 is 10.4. The van der Waals surface area contributed by atoms with E-state index in [9.17, 15) is 9.59 Å². The Bertz CT molecular complexity index is 861. The fraction of sp³-hybridized carbons (Fsp3) is 0.318. The Labute approximate surface area is 171 Å². The second-order valence-electron chi connectivity index (χ2n) is 6.72. The van der Waals surface area contributed by atoms with Gasteiger partial charge in [-0.2, -0.15) is 5.10 Å². The van der Waals surface area contributed by atoms with E-state index in [0.717, 1.165) is 11.1 Å². The molecule has 2 rings (SSSR count). The topological polar surface area (TPSA) is 89.0 Å². The molecule has 0 aliphatic heterocycles. The van der Waals surface area contributed by atoms with Crippen molar-refractivity contribution in [1.29, 1.82) is 0 Å². The summed E-state index contributed by atoms with van der Waals surface area (Å²) in [7, 11) is 3.13. The molecule has 0 spiro atoms. The molecule has 0 aliphatic rings. The third-order valence-corrected chi connectivity index (χ3v) is 4.34. The Balaban J connectivity index is 1.78. The van der Waals surface area contributed by atoms with Crippen LogP contribution in [0.25, 0.3) is 0 Å². The summed E-state index contributed by atoms with van der Waals surface area (Å²) in [6, 6.07) is 13.3. The number of nitrogens with zero attached hydrogens (tertiary/aromatic N) is 1. The molecule has 0 unspecified atom stereocenters. The molecule has 154 valence electrons. The van der Waals surface area contributed by atoms with Crippen LogP contribution in [0.5, 0.6) is 11.5 Å². The van der Waals surface area contributed by atoms with Gasteiger partial charge in [0.1, 0.15) is 0 Å². The van der Waals surface area contributed by atoms with Gasteiger partial charge in [0.2, 0.25) is 0 Å². The molecule has 0 fully saturated rings. The Kier molecular flexibility index (Phi) is 8.21. The summed E-state index contributed by atoms with van der Waals surface area (Å²) >= 11 is 0. The molecule has 0 radical (unpaired) electrons. The molecule has 0 saturated carbocycles. The zero-order valence-corrected chi connectivity index (χ0v) is 17.2. The highest BCUT2D eigenvalue weighted by Gasteiger charge is 2.12. The first kappa shape index (κ1) is 21.9. The maximum absolute atomic E-state index is 11.9. The van der Waals surface area contributed by atoms with E-state index in [1.165, 1.54) is 11.8 Å². The summed E-state index contributed by atoms with van der Waals surface area (Å²) in [5.74, 6) is 0.148. The number of rotatable bonds is 8. The van der Waals surface area contributed by atoms with E-state index in [0.29, 0.717) is 30.4 Å². The minimum Gasteiger partial charge on any atom is -0.493 e. The summed E-state index contributed by atoms with van der Waals surface area (Å²) in [6.07, 6.45) is 2.05. The molecule has 0 aromatic heterocycles. The quantitative estimate of drug-likeness (QED) is 0.407. The average molecular weight is 397 g/mol. The van der Waals surface area contributed by atoms with E-state index in [4.69, 9.17) is 9.47 Å². The van der Waals surface area contributed by atoms with Gasteiger partial charge in [0, 0.05) is 6.54 Å². The lowest BCUT2D eigenvalue weighted by Gasteiger charge is -2.10. The molecule has 2 aromatic rings. The molecule has 7 heteroatoms. The molecular formula is C22H27N3O4. The van der Waals surface area contributed by atoms with E-state index >= 15 is 0 Å². The van der Waals surface area contributed by atoms with Crippen LogP contribution in [0.4, 0.5) is 0 Å². The zero-order chi connectivity index (χ0) is 21.2. The maximum atomic E-state index is 11.9. The maximum Gasteiger partial charge on any atom is 0.329 e. The molecule has 29 heavy (non-hydrogen) atoms. The third-order valence-electron chi connectivity index (χ3n) is 4.34. The van der Waals surface area contributed by atoms with Crippen molar-refractivity contribution in [2.45, 2.75) is 26.2 Å². The van der Waals surface area contributed by atoms with Crippen LogP contribution < -0.4 is 20.2 Å². The number of hydrazone groups is 1. The second-order valence-corrected chi connectivity index (χ2v) is 6.72. The molecule has 0 heterocycles. The number of hydrogen-bond donors (Lipinski definition) is 2. The lowest BCUT2D eigenvalue weighted by atomic mass is 10.0. The van der Waals surface area contributed by atoms with E-state index in [1.807, 2.05) is 36.4 Å².